The van der Waals surface area contributed by atoms with Gasteiger partial charge in [-0.3, -0.25) is 24.0 Å². The van der Waals surface area contributed by atoms with Gasteiger partial charge in [-0.25, -0.2) is 4.79 Å². The van der Waals surface area contributed by atoms with Crippen LogP contribution in [-0.2, 0) is 57.2 Å². The smallest absolute Gasteiger partial charge is 0.329 e. The summed E-state index contributed by atoms with van der Waals surface area (Å²) in [4.78, 5) is 85.6. The van der Waals surface area contributed by atoms with Crippen LogP contribution in [0.15, 0.2) is 47.6 Å². The second kappa shape index (κ2) is 27.1. The standard InChI is InChI=1S/C54H83NO14/c1-12-47(58)68-49-37(7)27-34(4)43(57)31-45(35(5)28-39-22-24-42(56)46(29-39)65-10)67-53(62)41-20-16-17-25-55(41)52(61)51(60)54(63)38(8)21-23-40(69-54)30-44(64-9)33(3)19-15-13-14-18-32(2)26-36(6)48(59)50(49)66-11/h13-15,18-19,27,32,34-36,38-42,44-46,49-50,56,63H,12,16-17,20-26,28-31H2,1-11H3/b15-13+,18-14+,33-19+,37-27+/t32-,34-,35-,36-,38-,39+,40+,41+,42-,44+,45+,46-,49-,50+,54-/m1/s1. The number of rotatable bonds is 8. The highest BCUT2D eigenvalue weighted by Gasteiger charge is 2.53. The van der Waals surface area contributed by atoms with E-state index >= 15 is 0 Å². The SMILES string of the molecule is CCC(=O)O[C@@H]1/C(C)=C/[C@@H](C)C(=O)C[C@@H]([C@H](C)C[C@@H]2CC[C@@H](O)[C@H](OC)C2)OC(=O)[C@@H]2CCCCN2C(=O)C(=O)[C@]2(O)O[C@@H](CC[C@H]2C)C[C@H](OC)/C(C)=C/C=C/C=C/[C@@H](C)C[C@@H](C)C(=O)[C@@H]1OC. The zero-order valence-corrected chi connectivity index (χ0v) is 43.2. The molecule has 1 aliphatic carbocycles. The number of aliphatic hydroxyl groups excluding tert-OH is 1. The first-order valence-electron chi connectivity index (χ1n) is 25.4. The summed E-state index contributed by atoms with van der Waals surface area (Å²) in [6.45, 7) is 14.4. The molecule has 2 saturated heterocycles. The molecular formula is C54H83NO14. The zero-order valence-electron chi connectivity index (χ0n) is 43.2. The second-order valence-electron chi connectivity index (χ2n) is 20.4. The number of ether oxygens (including phenoxy) is 6. The van der Waals surface area contributed by atoms with E-state index in [4.69, 9.17) is 28.4 Å². The van der Waals surface area contributed by atoms with Crippen molar-refractivity contribution in [3.05, 3.63) is 47.6 Å². The number of hydrogen-bond donors (Lipinski definition) is 2. The molecule has 3 heterocycles. The lowest BCUT2D eigenvalue weighted by Crippen LogP contribution is -2.61. The third kappa shape index (κ3) is 15.6. The number of amides is 1. The Kier molecular flexibility index (Phi) is 22.7. The number of carbonyl (C=O) groups is 6. The van der Waals surface area contributed by atoms with Crippen molar-refractivity contribution in [3.8, 4) is 0 Å². The van der Waals surface area contributed by atoms with E-state index < -0.39 is 89.8 Å². The lowest BCUT2D eigenvalue weighted by atomic mass is 9.78. The second-order valence-corrected chi connectivity index (χ2v) is 20.4. The number of methoxy groups -OCH3 is 3. The van der Waals surface area contributed by atoms with E-state index in [0.29, 0.717) is 69.8 Å². The molecule has 4 rings (SSSR count). The van der Waals surface area contributed by atoms with Gasteiger partial charge in [-0.05, 0) is 107 Å². The van der Waals surface area contributed by atoms with Gasteiger partial charge in [0.1, 0.15) is 17.9 Å². The molecule has 0 aromatic rings. The fourth-order valence-electron chi connectivity index (χ4n) is 10.5. The van der Waals surface area contributed by atoms with Crippen molar-refractivity contribution >= 4 is 35.2 Å². The molecule has 69 heavy (non-hydrogen) atoms. The molecule has 1 saturated carbocycles. The van der Waals surface area contributed by atoms with Crippen molar-refractivity contribution in [1.82, 2.24) is 4.90 Å². The minimum absolute atomic E-state index is 0.0136. The molecule has 3 aliphatic heterocycles. The van der Waals surface area contributed by atoms with Crippen LogP contribution in [0.4, 0.5) is 0 Å². The molecule has 2 N–H and O–H groups in total. The first-order valence-corrected chi connectivity index (χ1v) is 25.4. The van der Waals surface area contributed by atoms with Crippen LogP contribution >= 0.6 is 0 Å². The largest absolute Gasteiger partial charge is 0.460 e. The normalized spacial score (nSPS) is 38.7. The third-order valence-corrected chi connectivity index (χ3v) is 15.0. The molecule has 0 spiro atoms. The molecule has 3 fully saturated rings. The molecule has 4 aliphatic rings. The van der Waals surface area contributed by atoms with Gasteiger partial charge in [0, 0.05) is 64.9 Å². The lowest BCUT2D eigenvalue weighted by Gasteiger charge is -2.42. The summed E-state index contributed by atoms with van der Waals surface area (Å²) in [6, 6.07) is -1.16. The van der Waals surface area contributed by atoms with Gasteiger partial charge in [0.25, 0.3) is 11.7 Å². The Balaban J connectivity index is 1.76. The molecule has 0 aromatic heterocycles. The molecule has 2 bridgehead atoms. The van der Waals surface area contributed by atoms with Crippen molar-refractivity contribution in [3.63, 3.8) is 0 Å². The van der Waals surface area contributed by atoms with E-state index in [1.807, 2.05) is 58.1 Å². The minimum Gasteiger partial charge on any atom is -0.460 e. The number of Topliss-reactive ketones (excluding diaryl/α,β-unsaturated/α-hetero) is 3. The maximum absolute atomic E-state index is 14.5. The summed E-state index contributed by atoms with van der Waals surface area (Å²) in [6.07, 6.45) is 11.2. The molecule has 0 unspecified atom stereocenters. The summed E-state index contributed by atoms with van der Waals surface area (Å²) in [5.41, 5.74) is 1.32. The van der Waals surface area contributed by atoms with Crippen LogP contribution in [0.25, 0.3) is 0 Å². The maximum atomic E-state index is 14.5. The number of nitrogens with zero attached hydrogens (tertiary/aromatic N) is 1. The summed E-state index contributed by atoms with van der Waals surface area (Å²) in [5, 5.41) is 22.5. The van der Waals surface area contributed by atoms with Gasteiger partial charge in [0.2, 0.25) is 5.79 Å². The van der Waals surface area contributed by atoms with Gasteiger partial charge in [-0.1, -0.05) is 78.0 Å². The van der Waals surface area contributed by atoms with Crippen LogP contribution in [0.1, 0.15) is 139 Å². The topological polar surface area (TPSA) is 201 Å². The molecule has 0 radical (unpaired) electrons. The van der Waals surface area contributed by atoms with Gasteiger partial charge < -0.3 is 43.5 Å². The Morgan fingerprint density at radius 1 is 0.870 bits per heavy atom. The van der Waals surface area contributed by atoms with E-state index in [0.717, 1.165) is 5.57 Å². The van der Waals surface area contributed by atoms with Gasteiger partial charge in [0.15, 0.2) is 18.0 Å². The average molecular weight is 970 g/mol. The predicted octanol–water partition coefficient (Wildman–Crippen LogP) is 7.14. The monoisotopic (exact) mass is 970 g/mol. The Morgan fingerprint density at radius 2 is 1.59 bits per heavy atom. The van der Waals surface area contributed by atoms with Crippen LogP contribution < -0.4 is 0 Å². The minimum atomic E-state index is -2.44. The van der Waals surface area contributed by atoms with Crippen molar-refractivity contribution in [2.75, 3.05) is 27.9 Å². The summed E-state index contributed by atoms with van der Waals surface area (Å²) < 4.78 is 35.6. The summed E-state index contributed by atoms with van der Waals surface area (Å²) >= 11 is 0. The maximum Gasteiger partial charge on any atom is 0.329 e. The first kappa shape index (κ1) is 57.7. The molecular weight excluding hydrogens is 887 g/mol. The number of aliphatic hydroxyl groups is 2. The Bertz CT molecular complexity index is 1890. The molecule has 15 nitrogen and oxygen atoms in total. The molecule has 15 heteroatoms. The van der Waals surface area contributed by atoms with Crippen molar-refractivity contribution in [2.45, 2.75) is 193 Å². The van der Waals surface area contributed by atoms with Crippen molar-refractivity contribution in [1.29, 1.82) is 0 Å². The fourth-order valence-corrected chi connectivity index (χ4v) is 10.5. The van der Waals surface area contributed by atoms with E-state index in [2.05, 4.69) is 0 Å². The first-order chi connectivity index (χ1) is 32.7. The van der Waals surface area contributed by atoms with Gasteiger partial charge in [0.05, 0.1) is 24.4 Å². The van der Waals surface area contributed by atoms with Gasteiger partial charge >= 0.3 is 11.9 Å². The number of allylic oxidation sites excluding steroid dienone is 6. The van der Waals surface area contributed by atoms with Crippen molar-refractivity contribution < 1.29 is 67.4 Å². The quantitative estimate of drug-likeness (QED) is 0.141. The number of carbonyl (C=O) groups excluding carboxylic acids is 6. The Labute approximate surface area is 410 Å². The number of fused-ring (bicyclic) bond motifs is 3. The zero-order chi connectivity index (χ0) is 51.2. The van der Waals surface area contributed by atoms with E-state index in [1.165, 1.54) is 12.0 Å². The van der Waals surface area contributed by atoms with E-state index in [9.17, 15) is 39.0 Å². The third-order valence-electron chi connectivity index (χ3n) is 15.0. The molecule has 15 atom stereocenters. The van der Waals surface area contributed by atoms with E-state index in [-0.39, 0.29) is 61.2 Å². The summed E-state index contributed by atoms with van der Waals surface area (Å²) in [5.74, 6) is -8.72. The highest BCUT2D eigenvalue weighted by atomic mass is 16.6. The Morgan fingerprint density at radius 3 is 2.26 bits per heavy atom. The van der Waals surface area contributed by atoms with Crippen LogP contribution in [0.5, 0.6) is 0 Å². The van der Waals surface area contributed by atoms with Gasteiger partial charge in [-0.15, -0.1) is 0 Å². The van der Waals surface area contributed by atoms with Crippen LogP contribution in [0.3, 0.4) is 0 Å². The number of ketones is 3. The fraction of sp³-hybridized carbons (Fsp3) is 0.741. The highest BCUT2D eigenvalue weighted by molar-refractivity contribution is 6.39. The van der Waals surface area contributed by atoms with Crippen molar-refractivity contribution in [2.24, 2.45) is 35.5 Å². The lowest BCUT2D eigenvalue weighted by molar-refractivity contribution is -0.265. The highest BCUT2D eigenvalue weighted by Crippen LogP contribution is 2.38. The number of cyclic esters (lactones) is 1. The predicted molar refractivity (Wildman–Crippen MR) is 259 cm³/mol. The molecule has 388 valence electrons. The number of hydrogen-bond acceptors (Lipinski definition) is 14. The average Bonchev–Trinajstić information content (AvgIpc) is 3.33. The number of piperidine rings is 1. The molecule has 0 aromatic carbocycles. The van der Waals surface area contributed by atoms with Crippen LogP contribution in [0, 0.1) is 35.5 Å². The van der Waals surface area contributed by atoms with Gasteiger partial charge in [-0.2, -0.15) is 0 Å². The number of esters is 2. The Hall–Kier alpha value is -3.86. The van der Waals surface area contributed by atoms with Crippen LogP contribution in [-0.4, -0.2) is 133 Å². The van der Waals surface area contributed by atoms with Crippen LogP contribution in [0.2, 0.25) is 0 Å². The summed E-state index contributed by atoms with van der Waals surface area (Å²) in [7, 11) is 4.53. The van der Waals surface area contributed by atoms with E-state index in [1.54, 1.807) is 48.0 Å². The molecule has 1 amide bonds.